The fraction of sp³-hybridized carbons (Fsp3) is 0.214. The van der Waals surface area contributed by atoms with Crippen LogP contribution in [-0.2, 0) is 4.74 Å². The number of halogens is 1. The van der Waals surface area contributed by atoms with Crippen molar-refractivity contribution in [3.63, 3.8) is 0 Å². The highest BCUT2D eigenvalue weighted by atomic mass is 79.9. The molecule has 2 rings (SSSR count). The molecular weight excluding hydrogens is 342 g/mol. The molecule has 6 heteroatoms. The minimum absolute atomic E-state index is 0.192. The first-order chi connectivity index (χ1) is 9.47. The van der Waals surface area contributed by atoms with Crippen molar-refractivity contribution < 1.29 is 14.3 Å². The first kappa shape index (κ1) is 14.9. The molecule has 0 unspecified atom stereocenters. The zero-order valence-electron chi connectivity index (χ0n) is 11.0. The number of carbonyl (C=O) groups excluding carboxylic acids is 2. The Morgan fingerprint density at radius 2 is 2.05 bits per heavy atom. The van der Waals surface area contributed by atoms with Crippen LogP contribution in [0.25, 0.3) is 0 Å². The van der Waals surface area contributed by atoms with E-state index in [2.05, 4.69) is 20.9 Å². The molecule has 104 valence electrons. The summed E-state index contributed by atoms with van der Waals surface area (Å²) in [6.45, 7) is 3.56. The average molecular weight is 354 g/mol. The van der Waals surface area contributed by atoms with Gasteiger partial charge in [0, 0.05) is 32.2 Å². The predicted octanol–water partition coefficient (Wildman–Crippen LogP) is 3.56. The van der Waals surface area contributed by atoms with Gasteiger partial charge in [0.25, 0.3) is 0 Å². The highest BCUT2D eigenvalue weighted by molar-refractivity contribution is 9.10. The van der Waals surface area contributed by atoms with E-state index >= 15 is 0 Å². The van der Waals surface area contributed by atoms with Gasteiger partial charge < -0.3 is 4.74 Å². The Balaban J connectivity index is 2.00. The molecule has 0 aliphatic carbocycles. The number of aromatic nitrogens is 1. The summed E-state index contributed by atoms with van der Waals surface area (Å²) in [5.74, 6) is -0.750. The molecule has 0 saturated carbocycles. The summed E-state index contributed by atoms with van der Waals surface area (Å²) in [4.78, 5) is 29.7. The van der Waals surface area contributed by atoms with Gasteiger partial charge in [-0.3, -0.25) is 9.78 Å². The van der Waals surface area contributed by atoms with Crippen LogP contribution in [0.3, 0.4) is 0 Å². The number of hydrogen-bond donors (Lipinski definition) is 0. The smallest absolute Gasteiger partial charge is 0.340 e. The van der Waals surface area contributed by atoms with Gasteiger partial charge in [-0.15, -0.1) is 11.3 Å². The Bertz CT molecular complexity index is 666. The summed E-state index contributed by atoms with van der Waals surface area (Å²) in [5.41, 5.74) is 0.929. The molecule has 0 N–H and O–H groups in total. The quantitative estimate of drug-likeness (QED) is 0.622. The molecule has 0 radical (unpaired) electrons. The van der Waals surface area contributed by atoms with E-state index in [1.807, 2.05) is 19.9 Å². The van der Waals surface area contributed by atoms with Gasteiger partial charge in [0.15, 0.2) is 6.61 Å². The van der Waals surface area contributed by atoms with Crippen LogP contribution in [0.4, 0.5) is 0 Å². The Kier molecular flexibility index (Phi) is 4.67. The standard InChI is InChI=1S/C14H12BrNO3S/c1-8-3-12(9(2)20-8)13(17)7-19-14(18)10-4-11(15)6-16-5-10/h3-6H,7H2,1-2H3. The van der Waals surface area contributed by atoms with Gasteiger partial charge in [0.1, 0.15) is 0 Å². The molecular formula is C14H12BrNO3S. The maximum atomic E-state index is 12.0. The molecule has 0 spiro atoms. The van der Waals surface area contributed by atoms with E-state index < -0.39 is 5.97 Å². The second-order valence-corrected chi connectivity index (χ2v) is 6.59. The number of Topliss-reactive ketones (excluding diaryl/α,β-unsaturated/α-hetero) is 1. The van der Waals surface area contributed by atoms with Crippen LogP contribution in [0.15, 0.2) is 29.0 Å². The maximum Gasteiger partial charge on any atom is 0.340 e. The van der Waals surface area contributed by atoms with E-state index in [9.17, 15) is 9.59 Å². The fourth-order valence-electron chi connectivity index (χ4n) is 1.72. The van der Waals surface area contributed by atoms with E-state index in [0.717, 1.165) is 9.75 Å². The molecule has 4 nitrogen and oxygen atoms in total. The molecule has 0 aliphatic heterocycles. The molecule has 0 aliphatic rings. The van der Waals surface area contributed by atoms with E-state index in [4.69, 9.17) is 4.74 Å². The van der Waals surface area contributed by atoms with Gasteiger partial charge in [0.2, 0.25) is 5.78 Å². The molecule has 0 fully saturated rings. The van der Waals surface area contributed by atoms with Crippen molar-refractivity contribution in [1.82, 2.24) is 4.98 Å². The second kappa shape index (κ2) is 6.28. The lowest BCUT2D eigenvalue weighted by atomic mass is 10.2. The monoisotopic (exact) mass is 353 g/mol. The highest BCUT2D eigenvalue weighted by Gasteiger charge is 2.15. The van der Waals surface area contributed by atoms with Gasteiger partial charge in [-0.2, -0.15) is 0 Å². The fourth-order valence-corrected chi connectivity index (χ4v) is 3.03. The third-order valence-electron chi connectivity index (χ3n) is 2.62. The molecule has 2 aromatic rings. The van der Waals surface area contributed by atoms with Crippen molar-refractivity contribution >= 4 is 39.0 Å². The number of aryl methyl sites for hydroxylation is 2. The summed E-state index contributed by atoms with van der Waals surface area (Å²) in [5, 5.41) is 0. The topological polar surface area (TPSA) is 56.3 Å². The van der Waals surface area contributed by atoms with Crippen LogP contribution in [0, 0.1) is 13.8 Å². The van der Waals surface area contributed by atoms with Gasteiger partial charge in [-0.25, -0.2) is 4.79 Å². The van der Waals surface area contributed by atoms with Crippen molar-refractivity contribution in [2.45, 2.75) is 13.8 Å². The molecule has 0 bridgehead atoms. The molecule has 0 saturated heterocycles. The Morgan fingerprint density at radius 1 is 1.30 bits per heavy atom. The van der Waals surface area contributed by atoms with Gasteiger partial charge >= 0.3 is 5.97 Å². The summed E-state index contributed by atoms with van der Waals surface area (Å²) >= 11 is 4.78. The summed E-state index contributed by atoms with van der Waals surface area (Å²) in [6.07, 6.45) is 2.97. The minimum Gasteiger partial charge on any atom is -0.454 e. The molecule has 2 heterocycles. The minimum atomic E-state index is -0.559. The number of carbonyl (C=O) groups is 2. The summed E-state index contributed by atoms with van der Waals surface area (Å²) in [7, 11) is 0. The van der Waals surface area contributed by atoms with Crippen molar-refractivity contribution in [2.75, 3.05) is 6.61 Å². The number of thiophene rings is 1. The highest BCUT2D eigenvalue weighted by Crippen LogP contribution is 2.21. The number of ether oxygens (including phenoxy) is 1. The zero-order chi connectivity index (χ0) is 14.7. The second-order valence-electron chi connectivity index (χ2n) is 4.22. The number of pyridine rings is 1. The van der Waals surface area contributed by atoms with E-state index in [1.165, 1.54) is 6.20 Å². The van der Waals surface area contributed by atoms with Crippen molar-refractivity contribution in [2.24, 2.45) is 0 Å². The average Bonchev–Trinajstić information content (AvgIpc) is 2.74. The summed E-state index contributed by atoms with van der Waals surface area (Å²) in [6, 6.07) is 3.41. The lowest BCUT2D eigenvalue weighted by Crippen LogP contribution is -2.14. The molecule has 2 aromatic heterocycles. The van der Waals surface area contributed by atoms with E-state index in [0.29, 0.717) is 15.6 Å². The maximum absolute atomic E-state index is 12.0. The van der Waals surface area contributed by atoms with Gasteiger partial charge in [0.05, 0.1) is 5.56 Å². The SMILES string of the molecule is Cc1cc(C(=O)COC(=O)c2cncc(Br)c2)c(C)s1. The van der Waals surface area contributed by atoms with Crippen LogP contribution >= 0.6 is 27.3 Å². The van der Waals surface area contributed by atoms with E-state index in [1.54, 1.807) is 23.6 Å². The molecule has 20 heavy (non-hydrogen) atoms. The van der Waals surface area contributed by atoms with Gasteiger partial charge in [-0.05, 0) is 41.9 Å². The number of ketones is 1. The Labute approximate surface area is 128 Å². The third kappa shape index (κ3) is 3.52. The Hall–Kier alpha value is -1.53. The molecule has 0 atom stereocenters. The number of hydrogen-bond acceptors (Lipinski definition) is 5. The van der Waals surface area contributed by atoms with Crippen LogP contribution < -0.4 is 0 Å². The number of rotatable bonds is 4. The van der Waals surface area contributed by atoms with Crippen LogP contribution in [0.1, 0.15) is 30.5 Å². The largest absolute Gasteiger partial charge is 0.454 e. The van der Waals surface area contributed by atoms with E-state index in [-0.39, 0.29) is 12.4 Å². The van der Waals surface area contributed by atoms with Crippen molar-refractivity contribution in [1.29, 1.82) is 0 Å². The first-order valence-electron chi connectivity index (χ1n) is 5.85. The molecule has 0 amide bonds. The van der Waals surface area contributed by atoms with Crippen LogP contribution in [0.5, 0.6) is 0 Å². The first-order valence-corrected chi connectivity index (χ1v) is 7.46. The number of nitrogens with zero attached hydrogens (tertiary/aromatic N) is 1. The van der Waals surface area contributed by atoms with Crippen molar-refractivity contribution in [3.8, 4) is 0 Å². The van der Waals surface area contributed by atoms with Crippen LogP contribution in [-0.4, -0.2) is 23.3 Å². The van der Waals surface area contributed by atoms with Crippen LogP contribution in [0.2, 0.25) is 0 Å². The normalized spacial score (nSPS) is 10.3. The molecule has 0 aromatic carbocycles. The summed E-state index contributed by atoms with van der Waals surface area (Å²) < 4.78 is 5.70. The van der Waals surface area contributed by atoms with Gasteiger partial charge in [-0.1, -0.05) is 0 Å². The number of esters is 1. The zero-order valence-corrected chi connectivity index (χ0v) is 13.4. The third-order valence-corrected chi connectivity index (χ3v) is 4.02. The Morgan fingerprint density at radius 3 is 2.65 bits per heavy atom. The van der Waals surface area contributed by atoms with Crippen molar-refractivity contribution in [3.05, 3.63) is 49.9 Å². The lowest BCUT2D eigenvalue weighted by Gasteiger charge is -2.04. The predicted molar refractivity (Wildman–Crippen MR) is 80.3 cm³/mol. The lowest BCUT2D eigenvalue weighted by molar-refractivity contribution is 0.0474.